The lowest BCUT2D eigenvalue weighted by Gasteiger charge is -2.25. The summed E-state index contributed by atoms with van der Waals surface area (Å²) in [5, 5.41) is 10.2. The van der Waals surface area contributed by atoms with Crippen molar-refractivity contribution in [3.8, 4) is 5.69 Å². The summed E-state index contributed by atoms with van der Waals surface area (Å²) in [7, 11) is 0. The van der Waals surface area contributed by atoms with Crippen LogP contribution in [0.25, 0.3) is 69.2 Å². The summed E-state index contributed by atoms with van der Waals surface area (Å²) in [6.07, 6.45) is 0. The smallest absolute Gasteiger partial charge is 0.0555 e. The molecule has 0 spiro atoms. The molecule has 2 nitrogen and oxygen atoms in total. The lowest BCUT2D eigenvalue weighted by atomic mass is 10.0. The molecule has 3 heteroatoms. The Balaban J connectivity index is 1.27. The Hall–Kier alpha value is -5.90. The molecule has 0 bridgehead atoms. The molecular formula is C44H28N2S. The molecule has 220 valence electrons. The van der Waals surface area contributed by atoms with Gasteiger partial charge in [-0.05, 0) is 94.3 Å². The SMILES string of the molecule is c1ccc(N(c2ccccc2)c2ccc3sc4cc5c(cc4c3c2)c2c3ccccc3ccc2n5-c2ccc3ccccc3c2)cc1. The van der Waals surface area contributed by atoms with Crippen molar-refractivity contribution >= 4 is 91.9 Å². The van der Waals surface area contributed by atoms with Crippen molar-refractivity contribution in [2.24, 2.45) is 0 Å². The summed E-state index contributed by atoms with van der Waals surface area (Å²) in [4.78, 5) is 2.35. The molecule has 0 amide bonds. The number of benzene rings is 8. The first-order chi connectivity index (χ1) is 23.3. The number of thiophene rings is 1. The third-order valence-corrected chi connectivity index (χ3v) is 10.6. The van der Waals surface area contributed by atoms with E-state index in [0.29, 0.717) is 0 Å². The maximum atomic E-state index is 2.46. The first kappa shape index (κ1) is 26.3. The summed E-state index contributed by atoms with van der Waals surface area (Å²) in [5.74, 6) is 0. The van der Waals surface area contributed by atoms with E-state index in [1.54, 1.807) is 0 Å². The van der Waals surface area contributed by atoms with Crippen molar-refractivity contribution in [1.29, 1.82) is 0 Å². The standard InChI is InChI=1S/C44H28N2S/c1-3-14-32(15-4-1)45(33-16-5-2-6-17-33)35-22-24-42-37(26-35)38-27-39-41(28-43(38)47-42)46(34-21-19-29-11-7-8-13-31(29)25-34)40-23-20-30-12-9-10-18-36(30)44(39)40/h1-28H. The number of anilines is 3. The van der Waals surface area contributed by atoms with Gasteiger partial charge in [-0.1, -0.05) is 97.1 Å². The molecule has 0 aliphatic rings. The normalized spacial score (nSPS) is 11.8. The average Bonchev–Trinajstić information content (AvgIpc) is 3.66. The number of fused-ring (bicyclic) bond motifs is 9. The maximum Gasteiger partial charge on any atom is 0.0555 e. The van der Waals surface area contributed by atoms with Crippen LogP contribution in [0, 0.1) is 0 Å². The van der Waals surface area contributed by atoms with E-state index in [1.807, 2.05) is 11.3 Å². The van der Waals surface area contributed by atoms with Gasteiger partial charge < -0.3 is 9.47 Å². The number of hydrogen-bond donors (Lipinski definition) is 0. The van der Waals surface area contributed by atoms with Gasteiger partial charge in [-0.3, -0.25) is 0 Å². The van der Waals surface area contributed by atoms with Gasteiger partial charge in [-0.25, -0.2) is 0 Å². The zero-order valence-corrected chi connectivity index (χ0v) is 26.3. The average molecular weight is 617 g/mol. The van der Waals surface area contributed by atoms with E-state index in [0.717, 1.165) is 17.1 Å². The number of nitrogens with zero attached hydrogens (tertiary/aromatic N) is 2. The highest BCUT2D eigenvalue weighted by Crippen LogP contribution is 2.45. The highest BCUT2D eigenvalue weighted by molar-refractivity contribution is 7.25. The summed E-state index contributed by atoms with van der Waals surface area (Å²) in [5.41, 5.74) is 7.09. The van der Waals surface area contributed by atoms with E-state index in [2.05, 4.69) is 179 Å². The molecule has 2 heterocycles. The summed E-state index contributed by atoms with van der Waals surface area (Å²) in [6, 6.07) is 61.9. The van der Waals surface area contributed by atoms with Crippen LogP contribution in [0.3, 0.4) is 0 Å². The van der Waals surface area contributed by atoms with Gasteiger partial charge >= 0.3 is 0 Å². The molecule has 0 saturated heterocycles. The highest BCUT2D eigenvalue weighted by atomic mass is 32.1. The molecule has 10 rings (SSSR count). The second-order valence-corrected chi connectivity index (χ2v) is 13.3. The van der Waals surface area contributed by atoms with E-state index >= 15 is 0 Å². The van der Waals surface area contributed by atoms with Crippen LogP contribution in [-0.4, -0.2) is 4.57 Å². The van der Waals surface area contributed by atoms with Gasteiger partial charge in [0.2, 0.25) is 0 Å². The fourth-order valence-electron chi connectivity index (χ4n) is 7.38. The molecule has 8 aromatic carbocycles. The molecule has 0 aliphatic carbocycles. The molecule has 0 aliphatic heterocycles. The molecule has 10 aromatic rings. The lowest BCUT2D eigenvalue weighted by Crippen LogP contribution is -2.09. The Labute approximate surface area is 276 Å². The minimum atomic E-state index is 1.14. The minimum Gasteiger partial charge on any atom is -0.310 e. The van der Waals surface area contributed by atoms with Gasteiger partial charge in [-0.2, -0.15) is 0 Å². The predicted octanol–water partition coefficient (Wildman–Crippen LogP) is 12.9. The Morgan fingerprint density at radius 3 is 1.83 bits per heavy atom. The highest BCUT2D eigenvalue weighted by Gasteiger charge is 2.19. The summed E-state index contributed by atoms with van der Waals surface area (Å²) in [6.45, 7) is 0. The summed E-state index contributed by atoms with van der Waals surface area (Å²) >= 11 is 1.88. The van der Waals surface area contributed by atoms with E-state index < -0.39 is 0 Å². The van der Waals surface area contributed by atoms with Gasteiger partial charge in [0.25, 0.3) is 0 Å². The van der Waals surface area contributed by atoms with Crippen molar-refractivity contribution in [2.45, 2.75) is 0 Å². The zero-order valence-electron chi connectivity index (χ0n) is 25.5. The van der Waals surface area contributed by atoms with Crippen LogP contribution in [0.5, 0.6) is 0 Å². The fraction of sp³-hybridized carbons (Fsp3) is 0. The molecule has 0 unspecified atom stereocenters. The van der Waals surface area contributed by atoms with Crippen LogP contribution < -0.4 is 4.90 Å². The molecule has 47 heavy (non-hydrogen) atoms. The van der Waals surface area contributed by atoms with Gasteiger partial charge in [0.05, 0.1) is 11.0 Å². The van der Waals surface area contributed by atoms with Crippen LogP contribution >= 0.6 is 11.3 Å². The Bertz CT molecular complexity index is 2750. The number of hydrogen-bond acceptors (Lipinski definition) is 2. The predicted molar refractivity (Wildman–Crippen MR) is 203 cm³/mol. The fourth-order valence-corrected chi connectivity index (χ4v) is 8.48. The third-order valence-electron chi connectivity index (χ3n) is 9.51. The van der Waals surface area contributed by atoms with Gasteiger partial charge in [-0.15, -0.1) is 11.3 Å². The van der Waals surface area contributed by atoms with Crippen LogP contribution in [0.1, 0.15) is 0 Å². The second-order valence-electron chi connectivity index (χ2n) is 12.2. The largest absolute Gasteiger partial charge is 0.310 e. The van der Waals surface area contributed by atoms with Gasteiger partial charge in [0.15, 0.2) is 0 Å². The van der Waals surface area contributed by atoms with Gasteiger partial charge in [0, 0.05) is 53.7 Å². The number of rotatable bonds is 4. The van der Waals surface area contributed by atoms with Crippen LogP contribution in [0.4, 0.5) is 17.1 Å². The molecule has 0 saturated carbocycles. The quantitative estimate of drug-likeness (QED) is 0.191. The zero-order chi connectivity index (χ0) is 30.9. The Kier molecular flexibility index (Phi) is 5.78. The Morgan fingerprint density at radius 1 is 0.383 bits per heavy atom. The molecule has 2 aromatic heterocycles. The molecule has 0 N–H and O–H groups in total. The van der Waals surface area contributed by atoms with Crippen LogP contribution in [0.15, 0.2) is 170 Å². The minimum absolute atomic E-state index is 1.14. The Morgan fingerprint density at radius 2 is 1.04 bits per heavy atom. The van der Waals surface area contributed by atoms with Crippen molar-refractivity contribution in [2.75, 3.05) is 4.90 Å². The van der Waals surface area contributed by atoms with E-state index in [-0.39, 0.29) is 0 Å². The van der Waals surface area contributed by atoms with Crippen LogP contribution in [-0.2, 0) is 0 Å². The van der Waals surface area contributed by atoms with Crippen molar-refractivity contribution in [1.82, 2.24) is 4.57 Å². The number of para-hydroxylation sites is 2. The maximum absolute atomic E-state index is 2.46. The first-order valence-corrected chi connectivity index (χ1v) is 16.8. The lowest BCUT2D eigenvalue weighted by molar-refractivity contribution is 1.19. The summed E-state index contributed by atoms with van der Waals surface area (Å²) < 4.78 is 5.05. The van der Waals surface area contributed by atoms with E-state index in [9.17, 15) is 0 Å². The van der Waals surface area contributed by atoms with Crippen molar-refractivity contribution < 1.29 is 0 Å². The van der Waals surface area contributed by atoms with Crippen molar-refractivity contribution in [3.63, 3.8) is 0 Å². The van der Waals surface area contributed by atoms with Gasteiger partial charge in [0.1, 0.15) is 0 Å². The second kappa shape index (κ2) is 10.3. The first-order valence-electron chi connectivity index (χ1n) is 16.0. The van der Waals surface area contributed by atoms with E-state index in [1.165, 1.54) is 69.2 Å². The third kappa shape index (κ3) is 4.10. The molecule has 0 atom stereocenters. The monoisotopic (exact) mass is 616 g/mol. The van der Waals surface area contributed by atoms with E-state index in [4.69, 9.17) is 0 Å². The van der Waals surface area contributed by atoms with Crippen molar-refractivity contribution in [3.05, 3.63) is 170 Å². The number of aromatic nitrogens is 1. The molecular weight excluding hydrogens is 589 g/mol. The topological polar surface area (TPSA) is 8.17 Å². The molecule has 0 radical (unpaired) electrons. The van der Waals surface area contributed by atoms with Crippen LogP contribution in [0.2, 0.25) is 0 Å². The molecule has 0 fully saturated rings.